The minimum absolute atomic E-state index is 0.144. The molecule has 2 aromatic heterocycles. The molecule has 2 N–H and O–H groups in total. The average Bonchev–Trinajstić information content (AvgIpc) is 3.26. The molecule has 0 bridgehead atoms. The molecular weight excluding hydrogens is 454 g/mol. The van der Waals surface area contributed by atoms with E-state index in [1.807, 2.05) is 79.9 Å². The molecule has 186 valence electrons. The van der Waals surface area contributed by atoms with Gasteiger partial charge in [0.1, 0.15) is 23.3 Å². The number of fused-ring (bicyclic) bond motifs is 1. The van der Waals surface area contributed by atoms with Gasteiger partial charge in [-0.25, -0.2) is 14.8 Å². The summed E-state index contributed by atoms with van der Waals surface area (Å²) in [6.45, 7) is 6.91. The topological polar surface area (TPSA) is 95.5 Å². The molecule has 0 radical (unpaired) electrons. The Morgan fingerprint density at radius 3 is 2.47 bits per heavy atom. The van der Waals surface area contributed by atoms with Crippen LogP contribution in [-0.2, 0) is 9.63 Å². The Kier molecular flexibility index (Phi) is 6.36. The number of hydrogen-bond donors (Lipinski definition) is 1. The van der Waals surface area contributed by atoms with E-state index in [1.165, 1.54) is 6.33 Å². The van der Waals surface area contributed by atoms with Gasteiger partial charge in [-0.1, -0.05) is 18.2 Å². The number of nitrogens with two attached hydrogens (primary N) is 1. The highest BCUT2D eigenvalue weighted by atomic mass is 16.7. The fourth-order valence-electron chi connectivity index (χ4n) is 4.44. The van der Waals surface area contributed by atoms with Gasteiger partial charge in [-0.2, -0.15) is 0 Å². The number of nitrogens with zero attached hydrogens (tertiary/aromatic N) is 4. The summed E-state index contributed by atoms with van der Waals surface area (Å²) in [4.78, 5) is 27.0. The van der Waals surface area contributed by atoms with Crippen molar-refractivity contribution in [3.63, 3.8) is 0 Å². The number of rotatable bonds is 5. The number of piperidine rings is 1. The van der Waals surface area contributed by atoms with Gasteiger partial charge in [0.15, 0.2) is 5.82 Å². The van der Waals surface area contributed by atoms with Crippen molar-refractivity contribution in [2.75, 3.05) is 18.8 Å². The van der Waals surface area contributed by atoms with Gasteiger partial charge in [-0.15, -0.1) is 5.06 Å². The van der Waals surface area contributed by atoms with Crippen molar-refractivity contribution in [2.24, 2.45) is 5.41 Å². The van der Waals surface area contributed by atoms with Crippen LogP contribution in [0.4, 0.5) is 5.82 Å². The van der Waals surface area contributed by atoms with E-state index in [2.05, 4.69) is 16.2 Å². The lowest BCUT2D eigenvalue weighted by atomic mass is 9.92. The smallest absolute Gasteiger partial charge is 0.330 e. The van der Waals surface area contributed by atoms with E-state index in [1.54, 1.807) is 5.06 Å². The number of nitrogen functional groups attached to an aromatic ring is 1. The number of para-hydroxylation sites is 1. The number of anilines is 1. The van der Waals surface area contributed by atoms with Crippen molar-refractivity contribution in [1.82, 2.24) is 19.6 Å². The van der Waals surface area contributed by atoms with E-state index in [4.69, 9.17) is 15.3 Å². The molecule has 1 unspecified atom stereocenters. The maximum absolute atomic E-state index is 12.4. The van der Waals surface area contributed by atoms with E-state index in [9.17, 15) is 4.79 Å². The molecule has 0 spiro atoms. The third-order valence-electron chi connectivity index (χ3n) is 6.38. The number of carbonyl (C=O) groups is 1. The van der Waals surface area contributed by atoms with Crippen molar-refractivity contribution in [3.05, 3.63) is 72.7 Å². The second-order valence-corrected chi connectivity index (χ2v) is 10.2. The van der Waals surface area contributed by atoms with Crippen LogP contribution in [0.3, 0.4) is 0 Å². The highest BCUT2D eigenvalue weighted by Gasteiger charge is 2.31. The van der Waals surface area contributed by atoms with Gasteiger partial charge in [0.25, 0.3) is 0 Å². The average molecular weight is 486 g/mol. The van der Waals surface area contributed by atoms with Gasteiger partial charge in [0.05, 0.1) is 10.9 Å². The molecule has 2 aromatic carbocycles. The molecule has 0 amide bonds. The van der Waals surface area contributed by atoms with Crippen molar-refractivity contribution in [3.8, 4) is 17.2 Å². The summed E-state index contributed by atoms with van der Waals surface area (Å²) in [7, 11) is 0. The Labute approximate surface area is 210 Å². The molecule has 5 rings (SSSR count). The van der Waals surface area contributed by atoms with Crippen LogP contribution in [0.15, 0.2) is 67.1 Å². The number of hydrogen-bond acceptors (Lipinski definition) is 7. The summed E-state index contributed by atoms with van der Waals surface area (Å²) in [5.41, 5.74) is 9.37. The molecular formula is C28H31N5O3. The largest absolute Gasteiger partial charge is 0.457 e. The molecule has 3 heterocycles. The maximum Gasteiger partial charge on any atom is 0.330 e. The molecule has 1 atom stereocenters. The van der Waals surface area contributed by atoms with E-state index in [-0.39, 0.29) is 11.9 Å². The first-order valence-electron chi connectivity index (χ1n) is 12.2. The summed E-state index contributed by atoms with van der Waals surface area (Å²) >= 11 is 0. The third kappa shape index (κ3) is 4.90. The van der Waals surface area contributed by atoms with Gasteiger partial charge in [0, 0.05) is 36.5 Å². The molecule has 1 aliphatic rings. The Hall–Kier alpha value is -3.91. The molecule has 1 fully saturated rings. The molecule has 1 aliphatic heterocycles. The zero-order valence-electron chi connectivity index (χ0n) is 20.8. The SMILES string of the molecule is CC(C)(C)C(=O)ON1CCCC(c2cn(-c3ccc(Oc4ccccc4)cc3)c3c(N)ncnc23)C1. The minimum Gasteiger partial charge on any atom is -0.457 e. The molecule has 1 saturated heterocycles. The summed E-state index contributed by atoms with van der Waals surface area (Å²) < 4.78 is 7.98. The first kappa shape index (κ1) is 23.8. The zero-order valence-corrected chi connectivity index (χ0v) is 20.8. The number of carbonyl (C=O) groups excluding carboxylic acids is 1. The standard InChI is InChI=1S/C28H31N5O3/c1-28(2,3)27(34)36-32-15-7-8-19(16-32)23-17-33(25-24(23)30-18-31-26(25)29)20-11-13-22(14-12-20)35-21-9-5-4-6-10-21/h4-6,9-14,17-19H,7-8,15-16H2,1-3H3,(H2,29,30,31). The fraction of sp³-hybridized carbons (Fsp3) is 0.321. The summed E-state index contributed by atoms with van der Waals surface area (Å²) in [6.07, 6.45) is 5.47. The zero-order chi connectivity index (χ0) is 25.3. The van der Waals surface area contributed by atoms with Crippen LogP contribution >= 0.6 is 0 Å². The molecule has 8 nitrogen and oxygen atoms in total. The Balaban J connectivity index is 1.44. The quantitative estimate of drug-likeness (QED) is 0.400. The summed E-state index contributed by atoms with van der Waals surface area (Å²) in [5, 5.41) is 1.78. The van der Waals surface area contributed by atoms with Crippen LogP contribution in [0.25, 0.3) is 16.7 Å². The number of aromatic nitrogens is 3. The Morgan fingerprint density at radius 2 is 1.75 bits per heavy atom. The lowest BCUT2D eigenvalue weighted by Gasteiger charge is -2.32. The fourth-order valence-corrected chi connectivity index (χ4v) is 4.44. The number of hydroxylamine groups is 2. The van der Waals surface area contributed by atoms with Crippen LogP contribution in [0.5, 0.6) is 11.5 Å². The Bertz CT molecular complexity index is 1360. The van der Waals surface area contributed by atoms with Crippen LogP contribution < -0.4 is 10.5 Å². The van der Waals surface area contributed by atoms with Crippen LogP contribution in [0.1, 0.15) is 45.1 Å². The lowest BCUT2D eigenvalue weighted by molar-refractivity contribution is -0.205. The predicted molar refractivity (Wildman–Crippen MR) is 139 cm³/mol. The first-order valence-corrected chi connectivity index (χ1v) is 12.2. The summed E-state index contributed by atoms with van der Waals surface area (Å²) in [5.74, 6) is 1.86. The number of ether oxygens (including phenoxy) is 1. The van der Waals surface area contributed by atoms with Crippen LogP contribution in [-0.4, -0.2) is 38.7 Å². The first-order chi connectivity index (χ1) is 17.3. The molecule has 4 aromatic rings. The van der Waals surface area contributed by atoms with Gasteiger partial charge in [-0.05, 0) is 70.0 Å². The van der Waals surface area contributed by atoms with Crippen LogP contribution in [0, 0.1) is 5.41 Å². The van der Waals surface area contributed by atoms with Gasteiger partial charge in [-0.3, -0.25) is 0 Å². The number of benzene rings is 2. The third-order valence-corrected chi connectivity index (χ3v) is 6.38. The lowest BCUT2D eigenvalue weighted by Crippen LogP contribution is -2.39. The molecule has 8 heteroatoms. The Morgan fingerprint density at radius 1 is 1.03 bits per heavy atom. The van der Waals surface area contributed by atoms with Gasteiger partial charge >= 0.3 is 5.97 Å². The maximum atomic E-state index is 12.4. The van der Waals surface area contributed by atoms with Gasteiger partial charge in [0.2, 0.25) is 0 Å². The van der Waals surface area contributed by atoms with Gasteiger partial charge < -0.3 is 19.9 Å². The van der Waals surface area contributed by atoms with E-state index >= 15 is 0 Å². The predicted octanol–water partition coefficient (Wildman–Crippen LogP) is 5.48. The monoisotopic (exact) mass is 485 g/mol. The molecule has 0 aliphatic carbocycles. The highest BCUT2D eigenvalue weighted by Crippen LogP contribution is 2.36. The second kappa shape index (κ2) is 9.62. The van der Waals surface area contributed by atoms with Crippen molar-refractivity contribution in [2.45, 2.75) is 39.5 Å². The van der Waals surface area contributed by atoms with Crippen molar-refractivity contribution in [1.29, 1.82) is 0 Å². The van der Waals surface area contributed by atoms with Crippen molar-refractivity contribution < 1.29 is 14.4 Å². The minimum atomic E-state index is -0.555. The molecule has 36 heavy (non-hydrogen) atoms. The highest BCUT2D eigenvalue weighted by molar-refractivity contribution is 5.90. The normalized spacial score (nSPS) is 16.7. The van der Waals surface area contributed by atoms with Crippen LogP contribution in [0.2, 0.25) is 0 Å². The summed E-state index contributed by atoms with van der Waals surface area (Å²) in [6, 6.07) is 17.5. The van der Waals surface area contributed by atoms with E-state index in [0.717, 1.165) is 53.2 Å². The molecule has 0 saturated carbocycles. The van der Waals surface area contributed by atoms with E-state index < -0.39 is 5.41 Å². The van der Waals surface area contributed by atoms with E-state index in [0.29, 0.717) is 12.4 Å². The van der Waals surface area contributed by atoms with Crippen molar-refractivity contribution >= 4 is 22.8 Å². The second-order valence-electron chi connectivity index (χ2n) is 10.2.